The quantitative estimate of drug-likeness (QED) is 0.162. The third-order valence-corrected chi connectivity index (χ3v) is 5.80. The van der Waals surface area contributed by atoms with Crippen molar-refractivity contribution in [1.82, 2.24) is 31.0 Å². The van der Waals surface area contributed by atoms with Crippen LogP contribution in [0.2, 0.25) is 0 Å². The van der Waals surface area contributed by atoms with E-state index in [2.05, 4.69) is 41.6 Å². The molecule has 1 aliphatic carbocycles. The van der Waals surface area contributed by atoms with Crippen LogP contribution in [-0.4, -0.2) is 99.4 Å². The van der Waals surface area contributed by atoms with Gasteiger partial charge in [-0.25, -0.2) is 0 Å². The van der Waals surface area contributed by atoms with Crippen LogP contribution in [0.3, 0.4) is 0 Å². The molecule has 15 nitrogen and oxygen atoms in total. The molecule has 0 aliphatic heterocycles. The topological polar surface area (TPSA) is 203 Å². The number of hydrogen-bond acceptors (Lipinski definition) is 12. The van der Waals surface area contributed by atoms with Crippen LogP contribution in [0, 0.1) is 5.92 Å². The Morgan fingerprint density at radius 2 is 1.93 bits per heavy atom. The fraction of sp³-hybridized carbons (Fsp3) is 0.375. The Morgan fingerprint density at radius 1 is 1.17 bits per heavy atom. The van der Waals surface area contributed by atoms with E-state index in [1.54, 1.807) is 18.2 Å². The van der Waals surface area contributed by atoms with Gasteiger partial charge in [0.25, 0.3) is 11.8 Å². The predicted octanol–water partition coefficient (Wildman–Crippen LogP) is -0.730. The van der Waals surface area contributed by atoms with E-state index in [0.717, 1.165) is 12.8 Å². The molecule has 3 aromatic rings. The van der Waals surface area contributed by atoms with Gasteiger partial charge in [0, 0.05) is 19.1 Å². The number of carbonyl (C=O) groups excluding carboxylic acids is 3. The molecule has 2 heterocycles. The van der Waals surface area contributed by atoms with E-state index in [9.17, 15) is 19.5 Å². The largest absolute Gasteiger partial charge is 0.494 e. The van der Waals surface area contributed by atoms with Gasteiger partial charge in [-0.15, -0.1) is 10.2 Å². The van der Waals surface area contributed by atoms with Gasteiger partial charge in [0.2, 0.25) is 11.8 Å². The van der Waals surface area contributed by atoms with Gasteiger partial charge < -0.3 is 40.4 Å². The summed E-state index contributed by atoms with van der Waals surface area (Å²) >= 11 is 0. The molecule has 5 N–H and O–H groups in total. The zero-order valence-electron chi connectivity index (χ0n) is 22.7. The van der Waals surface area contributed by atoms with Gasteiger partial charge in [0.15, 0.2) is 23.1 Å². The molecule has 3 amide bonds. The number of para-hydroxylation sites is 1. The van der Waals surface area contributed by atoms with Crippen LogP contribution in [0.1, 0.15) is 35.2 Å². The zero-order valence-corrected chi connectivity index (χ0v) is 22.7. The first-order valence-corrected chi connectivity index (χ1v) is 12.6. The van der Waals surface area contributed by atoms with E-state index in [-0.39, 0.29) is 53.1 Å². The van der Waals surface area contributed by atoms with E-state index in [1.165, 1.54) is 20.3 Å². The second-order valence-corrected chi connectivity index (χ2v) is 9.35. The molecule has 42 heavy (non-hydrogen) atoms. The maximum atomic E-state index is 12.9. The Morgan fingerprint density at radius 3 is 2.57 bits per heavy atom. The highest BCUT2D eigenvalue weighted by molar-refractivity contribution is 6.60. The summed E-state index contributed by atoms with van der Waals surface area (Å²) in [6, 6.07) is 5.35. The van der Waals surface area contributed by atoms with Gasteiger partial charge >= 0.3 is 0 Å². The lowest BCUT2D eigenvalue weighted by Gasteiger charge is -2.23. The second-order valence-electron chi connectivity index (χ2n) is 9.35. The number of benzene rings is 1. The van der Waals surface area contributed by atoms with E-state index in [4.69, 9.17) is 37.5 Å². The first kappa shape index (κ1) is 30.5. The number of amides is 3. The van der Waals surface area contributed by atoms with Crippen molar-refractivity contribution in [3.63, 3.8) is 0 Å². The third kappa shape index (κ3) is 7.64. The first-order chi connectivity index (χ1) is 20.0. The number of rotatable bonds is 13. The lowest BCUT2D eigenvalue weighted by Crippen LogP contribution is -2.50. The fourth-order valence-corrected chi connectivity index (χ4v) is 3.76. The average molecular weight is 570 g/mol. The molecule has 0 bridgehead atoms. The molecule has 212 valence electrons. The fourth-order valence-electron chi connectivity index (χ4n) is 3.76. The van der Waals surface area contributed by atoms with Crippen molar-refractivity contribution in [2.75, 3.05) is 38.1 Å². The molecular formula is C24H25B3N8O7. The summed E-state index contributed by atoms with van der Waals surface area (Å²) in [5.74, 6) is -1.33. The average Bonchev–Trinajstić information content (AvgIpc) is 3.68. The molecule has 1 atom stereocenters. The zero-order chi connectivity index (χ0) is 30.4. The van der Waals surface area contributed by atoms with E-state index < -0.39 is 29.7 Å². The molecular weight excluding hydrogens is 545 g/mol. The lowest BCUT2D eigenvalue weighted by molar-refractivity contribution is -0.126. The van der Waals surface area contributed by atoms with Crippen LogP contribution in [-0.2, 0) is 14.3 Å². The number of ether oxygens (including phenoxy) is 2. The normalized spacial score (nSPS) is 13.6. The van der Waals surface area contributed by atoms with Gasteiger partial charge in [0.1, 0.15) is 12.6 Å². The molecule has 18 heteroatoms. The highest BCUT2D eigenvalue weighted by Gasteiger charge is 2.30. The van der Waals surface area contributed by atoms with Gasteiger partial charge in [0.05, 0.1) is 54.2 Å². The molecule has 1 saturated carbocycles. The molecule has 1 aromatic carbocycles. The molecule has 1 aliphatic rings. The number of aliphatic hydroxyl groups excluding tert-OH is 1. The Balaban J connectivity index is 1.67. The summed E-state index contributed by atoms with van der Waals surface area (Å²) in [5, 5.41) is 29.9. The number of anilines is 3. The molecule has 0 saturated heterocycles. The van der Waals surface area contributed by atoms with Gasteiger partial charge in [-0.1, -0.05) is 16.5 Å². The number of nitrogens with zero attached hydrogens (tertiary/aromatic N) is 4. The van der Waals surface area contributed by atoms with Gasteiger partial charge in [-0.05, 0) is 25.0 Å². The lowest BCUT2D eigenvalue weighted by atomic mass is 9.49. The molecule has 6 radical (unpaired) electrons. The highest BCUT2D eigenvalue weighted by atomic mass is 16.5. The SMILES string of the molecule is [B]C([B])([B])NC(=O)c1nnc(NC(=O)C2CC2)cc1Nc1cccc(-c2nc([C@H](CO)NC(=O)COC)no2)c1OC. The van der Waals surface area contributed by atoms with Crippen molar-refractivity contribution in [2.45, 2.75) is 24.1 Å². The van der Waals surface area contributed by atoms with Gasteiger partial charge in [-0.2, -0.15) is 4.98 Å². The van der Waals surface area contributed by atoms with Crippen molar-refractivity contribution >= 4 is 58.5 Å². The summed E-state index contributed by atoms with van der Waals surface area (Å²) in [6.45, 7) is -0.718. The number of aliphatic hydroxyl groups is 1. The molecule has 0 spiro atoms. The van der Waals surface area contributed by atoms with Crippen LogP contribution < -0.4 is 26.0 Å². The van der Waals surface area contributed by atoms with Crippen LogP contribution in [0.5, 0.6) is 5.75 Å². The summed E-state index contributed by atoms with van der Waals surface area (Å²) in [4.78, 5) is 41.4. The van der Waals surface area contributed by atoms with Crippen LogP contribution in [0.25, 0.3) is 11.5 Å². The summed E-state index contributed by atoms with van der Waals surface area (Å²) in [5.41, 5.74) is 0.514. The smallest absolute Gasteiger partial charge is 0.272 e. The molecule has 2 aromatic heterocycles. The first-order valence-electron chi connectivity index (χ1n) is 12.6. The Hall–Kier alpha value is -4.44. The summed E-state index contributed by atoms with van der Waals surface area (Å²) in [7, 11) is 19.3. The minimum Gasteiger partial charge on any atom is -0.494 e. The number of methoxy groups -OCH3 is 2. The summed E-state index contributed by atoms with van der Waals surface area (Å²) < 4.78 is 15.8. The maximum absolute atomic E-state index is 12.9. The second kappa shape index (κ2) is 13.0. The van der Waals surface area contributed by atoms with Crippen molar-refractivity contribution in [2.24, 2.45) is 5.92 Å². The Bertz CT molecular complexity index is 1460. The van der Waals surface area contributed by atoms with Crippen LogP contribution in [0.15, 0.2) is 28.8 Å². The minimum absolute atomic E-state index is 0.00678. The van der Waals surface area contributed by atoms with E-state index in [0.29, 0.717) is 11.3 Å². The number of nitrogens with one attached hydrogen (secondary N) is 4. The molecule has 1 fully saturated rings. The monoisotopic (exact) mass is 570 g/mol. The number of hydrogen-bond donors (Lipinski definition) is 5. The highest BCUT2D eigenvalue weighted by Crippen LogP contribution is 2.38. The Labute approximate surface area is 244 Å². The third-order valence-electron chi connectivity index (χ3n) is 5.80. The van der Waals surface area contributed by atoms with E-state index in [1.807, 2.05) is 0 Å². The van der Waals surface area contributed by atoms with Crippen LogP contribution in [0.4, 0.5) is 17.2 Å². The molecule has 0 unspecified atom stereocenters. The predicted molar refractivity (Wildman–Crippen MR) is 150 cm³/mol. The number of carbonyl (C=O) groups is 3. The van der Waals surface area contributed by atoms with Crippen molar-refractivity contribution in [3.05, 3.63) is 35.8 Å². The van der Waals surface area contributed by atoms with Crippen LogP contribution >= 0.6 is 0 Å². The van der Waals surface area contributed by atoms with Crippen molar-refractivity contribution < 1.29 is 33.5 Å². The number of aromatic nitrogens is 4. The van der Waals surface area contributed by atoms with Crippen molar-refractivity contribution in [3.8, 4) is 17.2 Å². The standard InChI is InChI=1S/C24H25B3N8O7/c1-40-10-17(37)29-15(9-36)20-31-23(42-35-20)12-4-3-5-13(19(12)41-2)28-14-8-16(30-21(38)11-6-7-11)33-34-18(14)22(39)32-24(25,26)27/h3-5,8,11,15,36H,6-7,9-10H2,1-2H3,(H,29,37)(H,32,39)(H2,28,30,33,38)/t15-/m0/s1. The molecule has 4 rings (SSSR count). The van der Waals surface area contributed by atoms with Gasteiger partial charge in [-0.3, -0.25) is 14.4 Å². The van der Waals surface area contributed by atoms with E-state index >= 15 is 0 Å². The Kier molecular flexibility index (Phi) is 9.47. The minimum atomic E-state index is -2.04. The maximum Gasteiger partial charge on any atom is 0.272 e. The summed E-state index contributed by atoms with van der Waals surface area (Å²) in [6.07, 6.45) is 1.55. The van der Waals surface area contributed by atoms with Crippen molar-refractivity contribution in [1.29, 1.82) is 0 Å².